The first-order chi connectivity index (χ1) is 13.6. The van der Waals surface area contributed by atoms with Crippen LogP contribution >= 0.6 is 0 Å². The van der Waals surface area contributed by atoms with Crippen LogP contribution in [0.4, 0.5) is 11.5 Å². The molecular weight excluding hydrogens is 356 g/mol. The standard InChI is InChI=1S/C21H20N4O3/c1-15-7-8-19(25(26)27)21(22-15)24-11-9-16(10-12-24)13-18-14-20(28-23-18)17-5-3-2-4-6-17/h2-8,13-14H,9-12H2,1H3. The lowest BCUT2D eigenvalue weighted by Crippen LogP contribution is -2.32. The van der Waals surface area contributed by atoms with Crippen LogP contribution in [0, 0.1) is 17.0 Å². The summed E-state index contributed by atoms with van der Waals surface area (Å²) in [6.07, 6.45) is 3.66. The maximum atomic E-state index is 11.3. The molecule has 0 bridgehead atoms. The van der Waals surface area contributed by atoms with Gasteiger partial charge in [-0.1, -0.05) is 41.1 Å². The van der Waals surface area contributed by atoms with E-state index in [0.717, 1.165) is 35.6 Å². The van der Waals surface area contributed by atoms with Gasteiger partial charge in [0.2, 0.25) is 5.82 Å². The van der Waals surface area contributed by atoms with E-state index >= 15 is 0 Å². The molecule has 1 aliphatic rings. The number of hydrogen-bond acceptors (Lipinski definition) is 6. The van der Waals surface area contributed by atoms with Gasteiger partial charge >= 0.3 is 5.69 Å². The summed E-state index contributed by atoms with van der Waals surface area (Å²) in [4.78, 5) is 17.3. The van der Waals surface area contributed by atoms with E-state index in [4.69, 9.17) is 4.52 Å². The van der Waals surface area contributed by atoms with E-state index < -0.39 is 0 Å². The molecule has 4 rings (SSSR count). The quantitative estimate of drug-likeness (QED) is 0.487. The van der Waals surface area contributed by atoms with Crippen molar-refractivity contribution in [3.05, 3.63) is 75.6 Å². The molecule has 7 nitrogen and oxygen atoms in total. The third kappa shape index (κ3) is 3.78. The first-order valence-corrected chi connectivity index (χ1v) is 9.19. The molecule has 1 aromatic carbocycles. The maximum Gasteiger partial charge on any atom is 0.311 e. The Bertz CT molecular complexity index is 1020. The van der Waals surface area contributed by atoms with Crippen molar-refractivity contribution in [3.8, 4) is 11.3 Å². The molecule has 0 saturated carbocycles. The van der Waals surface area contributed by atoms with Gasteiger partial charge in [0.05, 0.1) is 4.92 Å². The highest BCUT2D eigenvalue weighted by Gasteiger charge is 2.24. The average Bonchev–Trinajstić information content (AvgIpc) is 3.17. The van der Waals surface area contributed by atoms with Crippen LogP contribution in [0.5, 0.6) is 0 Å². The summed E-state index contributed by atoms with van der Waals surface area (Å²) in [7, 11) is 0. The lowest BCUT2D eigenvalue weighted by atomic mass is 10.0. The van der Waals surface area contributed by atoms with Gasteiger partial charge in [0.25, 0.3) is 0 Å². The molecule has 1 aliphatic heterocycles. The number of piperidine rings is 1. The molecule has 3 aromatic rings. The largest absolute Gasteiger partial charge is 0.356 e. The van der Waals surface area contributed by atoms with E-state index in [2.05, 4.69) is 10.1 Å². The zero-order chi connectivity index (χ0) is 19.5. The Kier molecular flexibility index (Phi) is 4.89. The average molecular weight is 376 g/mol. The van der Waals surface area contributed by atoms with Crippen molar-refractivity contribution >= 4 is 17.6 Å². The fourth-order valence-electron chi connectivity index (χ4n) is 3.37. The number of aromatic nitrogens is 2. The second-order valence-electron chi connectivity index (χ2n) is 6.82. The van der Waals surface area contributed by atoms with Crippen molar-refractivity contribution in [2.75, 3.05) is 18.0 Å². The molecule has 2 aromatic heterocycles. The molecule has 3 heterocycles. The van der Waals surface area contributed by atoms with Gasteiger partial charge in [-0.05, 0) is 31.9 Å². The topological polar surface area (TPSA) is 85.3 Å². The smallest absolute Gasteiger partial charge is 0.311 e. The van der Waals surface area contributed by atoms with Gasteiger partial charge in [-0.2, -0.15) is 0 Å². The van der Waals surface area contributed by atoms with Crippen LogP contribution in [0.1, 0.15) is 24.2 Å². The predicted molar refractivity (Wildman–Crippen MR) is 107 cm³/mol. The Labute approximate surface area is 162 Å². The number of nitrogens with zero attached hydrogens (tertiary/aromatic N) is 4. The molecule has 0 spiro atoms. The third-order valence-corrected chi connectivity index (χ3v) is 4.83. The van der Waals surface area contributed by atoms with Gasteiger partial charge in [-0.3, -0.25) is 10.1 Å². The molecular formula is C21H20N4O3. The van der Waals surface area contributed by atoms with Crippen molar-refractivity contribution in [2.24, 2.45) is 0 Å². The highest BCUT2D eigenvalue weighted by atomic mass is 16.6. The van der Waals surface area contributed by atoms with E-state index in [1.165, 1.54) is 11.6 Å². The highest BCUT2D eigenvalue weighted by Crippen LogP contribution is 2.30. The monoisotopic (exact) mass is 376 g/mol. The normalized spacial score (nSPS) is 14.2. The summed E-state index contributed by atoms with van der Waals surface area (Å²) in [5, 5.41) is 15.5. The van der Waals surface area contributed by atoms with E-state index in [1.807, 2.05) is 54.3 Å². The first-order valence-electron chi connectivity index (χ1n) is 9.19. The highest BCUT2D eigenvalue weighted by molar-refractivity contribution is 5.62. The third-order valence-electron chi connectivity index (χ3n) is 4.83. The zero-order valence-electron chi connectivity index (χ0n) is 15.5. The Balaban J connectivity index is 1.47. The van der Waals surface area contributed by atoms with Crippen molar-refractivity contribution in [3.63, 3.8) is 0 Å². The van der Waals surface area contributed by atoms with Crippen LogP contribution in [0.25, 0.3) is 17.4 Å². The fraction of sp³-hybridized carbons (Fsp3) is 0.238. The molecule has 1 fully saturated rings. The number of anilines is 1. The van der Waals surface area contributed by atoms with Gasteiger partial charge in [-0.25, -0.2) is 4.98 Å². The summed E-state index contributed by atoms with van der Waals surface area (Å²) in [5.74, 6) is 1.20. The minimum atomic E-state index is -0.367. The van der Waals surface area contributed by atoms with Crippen molar-refractivity contribution in [1.82, 2.24) is 10.1 Å². The minimum absolute atomic E-state index is 0.0574. The summed E-state index contributed by atoms with van der Waals surface area (Å²) in [6.45, 7) is 3.22. The molecule has 142 valence electrons. The van der Waals surface area contributed by atoms with Gasteiger partial charge < -0.3 is 9.42 Å². The van der Waals surface area contributed by atoms with Gasteiger partial charge in [0, 0.05) is 36.5 Å². The van der Waals surface area contributed by atoms with Crippen LogP contribution in [-0.4, -0.2) is 28.2 Å². The van der Waals surface area contributed by atoms with Crippen LogP contribution < -0.4 is 4.90 Å². The van der Waals surface area contributed by atoms with Crippen LogP contribution in [-0.2, 0) is 0 Å². The number of rotatable bonds is 4. The molecule has 0 amide bonds. The minimum Gasteiger partial charge on any atom is -0.356 e. The summed E-state index contributed by atoms with van der Waals surface area (Å²) >= 11 is 0. The summed E-state index contributed by atoms with van der Waals surface area (Å²) < 4.78 is 5.45. The van der Waals surface area contributed by atoms with Crippen LogP contribution in [0.15, 0.2) is 58.6 Å². The Morgan fingerprint density at radius 1 is 1.14 bits per heavy atom. The van der Waals surface area contributed by atoms with E-state index in [-0.39, 0.29) is 10.6 Å². The van der Waals surface area contributed by atoms with E-state index in [9.17, 15) is 10.1 Å². The Morgan fingerprint density at radius 2 is 1.89 bits per heavy atom. The van der Waals surface area contributed by atoms with Crippen molar-refractivity contribution in [1.29, 1.82) is 0 Å². The number of benzene rings is 1. The van der Waals surface area contributed by atoms with Gasteiger partial charge in [0.1, 0.15) is 5.69 Å². The van der Waals surface area contributed by atoms with Crippen molar-refractivity contribution < 1.29 is 9.45 Å². The zero-order valence-corrected chi connectivity index (χ0v) is 15.5. The molecule has 0 atom stereocenters. The van der Waals surface area contributed by atoms with E-state index in [1.54, 1.807) is 6.07 Å². The van der Waals surface area contributed by atoms with Crippen molar-refractivity contribution in [2.45, 2.75) is 19.8 Å². The first kappa shape index (κ1) is 17.9. The lowest BCUT2D eigenvalue weighted by Gasteiger charge is -2.29. The second kappa shape index (κ2) is 7.64. The molecule has 1 saturated heterocycles. The second-order valence-corrected chi connectivity index (χ2v) is 6.82. The predicted octanol–water partition coefficient (Wildman–Crippen LogP) is 4.64. The molecule has 0 aliphatic carbocycles. The number of hydrogen-bond donors (Lipinski definition) is 0. The molecule has 0 N–H and O–H groups in total. The SMILES string of the molecule is Cc1ccc([N+](=O)[O-])c(N2CCC(=Cc3cc(-c4ccccc4)on3)CC2)n1. The molecule has 0 radical (unpaired) electrons. The lowest BCUT2D eigenvalue weighted by molar-refractivity contribution is -0.384. The molecule has 28 heavy (non-hydrogen) atoms. The van der Waals surface area contributed by atoms with Crippen LogP contribution in [0.3, 0.4) is 0 Å². The summed E-state index contributed by atoms with van der Waals surface area (Å²) in [5.41, 5.74) is 3.87. The molecule has 7 heteroatoms. The number of aryl methyl sites for hydroxylation is 1. The number of nitro groups is 1. The molecule has 0 unspecified atom stereocenters. The van der Waals surface area contributed by atoms with Gasteiger partial charge in [-0.15, -0.1) is 0 Å². The van der Waals surface area contributed by atoms with Gasteiger partial charge in [0.15, 0.2) is 5.76 Å². The summed E-state index contributed by atoms with van der Waals surface area (Å²) in [6, 6.07) is 15.0. The maximum absolute atomic E-state index is 11.3. The number of pyridine rings is 1. The van der Waals surface area contributed by atoms with E-state index in [0.29, 0.717) is 18.9 Å². The Hall–Kier alpha value is -3.48. The fourth-order valence-corrected chi connectivity index (χ4v) is 3.37. The Morgan fingerprint density at radius 3 is 2.61 bits per heavy atom. The van der Waals surface area contributed by atoms with Crippen LogP contribution in [0.2, 0.25) is 0 Å².